The van der Waals surface area contributed by atoms with Crippen LogP contribution in [0.25, 0.3) is 0 Å². The van der Waals surface area contributed by atoms with Gasteiger partial charge in [-0.3, -0.25) is 14.5 Å². The van der Waals surface area contributed by atoms with Gasteiger partial charge in [-0.15, -0.1) is 0 Å². The molecule has 5 rings (SSSR count). The summed E-state index contributed by atoms with van der Waals surface area (Å²) in [7, 11) is 0. The Kier molecular flexibility index (Phi) is 4.67. The first kappa shape index (κ1) is 18.4. The van der Waals surface area contributed by atoms with Crippen LogP contribution in [0.3, 0.4) is 0 Å². The molecule has 3 aliphatic rings. The molecule has 3 heterocycles. The molecular weight excluding hydrogens is 438 g/mol. The summed E-state index contributed by atoms with van der Waals surface area (Å²) in [6, 6.07) is 12.8. The molecule has 2 saturated heterocycles. The number of halogens is 1. The van der Waals surface area contributed by atoms with Gasteiger partial charge in [-0.1, -0.05) is 15.9 Å². The molecule has 0 bridgehead atoms. The van der Waals surface area contributed by atoms with Crippen LogP contribution < -0.4 is 19.3 Å². The molecule has 0 radical (unpaired) electrons. The maximum absolute atomic E-state index is 13.0. The second kappa shape index (κ2) is 7.35. The summed E-state index contributed by atoms with van der Waals surface area (Å²) in [5.41, 5.74) is 1.71. The molecule has 7 nitrogen and oxygen atoms in total. The third-order valence-corrected chi connectivity index (χ3v) is 6.21. The minimum absolute atomic E-state index is 0.131. The van der Waals surface area contributed by atoms with Crippen LogP contribution in [0.2, 0.25) is 0 Å². The second-order valence-corrected chi connectivity index (χ2v) is 8.24. The van der Waals surface area contributed by atoms with Gasteiger partial charge in [0.25, 0.3) is 5.91 Å². The first-order valence-corrected chi connectivity index (χ1v) is 10.4. The van der Waals surface area contributed by atoms with E-state index in [1.807, 2.05) is 30.3 Å². The second-order valence-electron chi connectivity index (χ2n) is 7.32. The number of piperazine rings is 1. The SMILES string of the molecule is O=C1C[C@H](N2CCN(c3ccc4c(c3)OCO4)CC2)C(=O)N1c1ccc(Br)cc1. The van der Waals surface area contributed by atoms with Gasteiger partial charge in [0.05, 0.1) is 18.2 Å². The third-order valence-electron chi connectivity index (χ3n) is 5.68. The van der Waals surface area contributed by atoms with E-state index in [0.29, 0.717) is 5.69 Å². The lowest BCUT2D eigenvalue weighted by Gasteiger charge is -2.38. The highest BCUT2D eigenvalue weighted by Crippen LogP contribution is 2.36. The van der Waals surface area contributed by atoms with Crippen molar-refractivity contribution >= 4 is 39.1 Å². The van der Waals surface area contributed by atoms with Crippen molar-refractivity contribution in [3.63, 3.8) is 0 Å². The van der Waals surface area contributed by atoms with E-state index in [9.17, 15) is 9.59 Å². The molecule has 150 valence electrons. The zero-order valence-corrected chi connectivity index (χ0v) is 17.3. The molecule has 2 aromatic carbocycles. The molecule has 2 amide bonds. The first-order chi connectivity index (χ1) is 14.1. The van der Waals surface area contributed by atoms with Gasteiger partial charge in [-0.2, -0.15) is 0 Å². The van der Waals surface area contributed by atoms with Gasteiger partial charge in [0, 0.05) is 42.4 Å². The predicted molar refractivity (Wildman–Crippen MR) is 111 cm³/mol. The topological polar surface area (TPSA) is 62.3 Å². The summed E-state index contributed by atoms with van der Waals surface area (Å²) in [6.45, 7) is 3.30. The largest absolute Gasteiger partial charge is 0.454 e. The Morgan fingerprint density at radius 2 is 1.55 bits per heavy atom. The number of ether oxygens (including phenoxy) is 2. The molecule has 3 aliphatic heterocycles. The molecule has 1 atom stereocenters. The van der Waals surface area contributed by atoms with Crippen molar-refractivity contribution in [3.05, 3.63) is 46.9 Å². The molecule has 29 heavy (non-hydrogen) atoms. The minimum atomic E-state index is -0.384. The van der Waals surface area contributed by atoms with Crippen LogP contribution in [0.5, 0.6) is 11.5 Å². The van der Waals surface area contributed by atoms with E-state index in [2.05, 4.69) is 25.7 Å². The highest BCUT2D eigenvalue weighted by Gasteiger charge is 2.43. The standard InChI is InChI=1S/C21H20BrN3O4/c22-14-1-3-15(4-2-14)25-20(26)12-17(21(25)27)24-9-7-23(8-10-24)16-5-6-18-19(11-16)29-13-28-18/h1-6,11,17H,7-10,12-13H2/t17-/m0/s1. The van der Waals surface area contributed by atoms with Gasteiger partial charge in [0.15, 0.2) is 11.5 Å². The Morgan fingerprint density at radius 1 is 0.862 bits per heavy atom. The van der Waals surface area contributed by atoms with Gasteiger partial charge in [0.1, 0.15) is 0 Å². The number of fused-ring (bicyclic) bond motifs is 1. The van der Waals surface area contributed by atoms with Crippen LogP contribution in [-0.2, 0) is 9.59 Å². The Morgan fingerprint density at radius 3 is 2.31 bits per heavy atom. The van der Waals surface area contributed by atoms with E-state index < -0.39 is 0 Å². The number of carbonyl (C=O) groups excluding carboxylic acids is 2. The number of imide groups is 1. The van der Waals surface area contributed by atoms with Crippen molar-refractivity contribution in [1.82, 2.24) is 4.90 Å². The van der Waals surface area contributed by atoms with Crippen LogP contribution in [-0.4, -0.2) is 55.7 Å². The minimum Gasteiger partial charge on any atom is -0.454 e. The quantitative estimate of drug-likeness (QED) is 0.660. The number of anilines is 2. The molecule has 0 aromatic heterocycles. The van der Waals surface area contributed by atoms with Crippen molar-refractivity contribution in [2.24, 2.45) is 0 Å². The summed E-state index contributed by atoms with van der Waals surface area (Å²) in [4.78, 5) is 31.3. The van der Waals surface area contributed by atoms with Gasteiger partial charge in [0.2, 0.25) is 12.7 Å². The number of nitrogens with zero attached hydrogens (tertiary/aromatic N) is 3. The van der Waals surface area contributed by atoms with E-state index in [-0.39, 0.29) is 31.1 Å². The molecular formula is C21H20BrN3O4. The number of hydrogen-bond acceptors (Lipinski definition) is 6. The molecule has 0 aliphatic carbocycles. The average Bonchev–Trinajstić information content (AvgIpc) is 3.32. The van der Waals surface area contributed by atoms with Crippen LogP contribution in [0.4, 0.5) is 11.4 Å². The van der Waals surface area contributed by atoms with Gasteiger partial charge in [-0.05, 0) is 36.4 Å². The van der Waals surface area contributed by atoms with Crippen molar-refractivity contribution in [2.45, 2.75) is 12.5 Å². The fourth-order valence-electron chi connectivity index (χ4n) is 4.14. The highest BCUT2D eigenvalue weighted by molar-refractivity contribution is 9.10. The molecule has 2 aromatic rings. The predicted octanol–water partition coefficient (Wildman–Crippen LogP) is 2.63. The monoisotopic (exact) mass is 457 g/mol. The van der Waals surface area contributed by atoms with Gasteiger partial charge < -0.3 is 14.4 Å². The highest BCUT2D eigenvalue weighted by atomic mass is 79.9. The Hall–Kier alpha value is -2.58. The average molecular weight is 458 g/mol. The fourth-order valence-corrected chi connectivity index (χ4v) is 4.40. The molecule has 0 N–H and O–H groups in total. The lowest BCUT2D eigenvalue weighted by Crippen LogP contribution is -2.52. The maximum atomic E-state index is 13.0. The maximum Gasteiger partial charge on any atom is 0.251 e. The van der Waals surface area contributed by atoms with Crippen LogP contribution in [0.15, 0.2) is 46.9 Å². The van der Waals surface area contributed by atoms with E-state index in [1.165, 1.54) is 4.90 Å². The van der Waals surface area contributed by atoms with Crippen molar-refractivity contribution in [1.29, 1.82) is 0 Å². The van der Waals surface area contributed by atoms with Crippen LogP contribution in [0, 0.1) is 0 Å². The van der Waals surface area contributed by atoms with Crippen LogP contribution >= 0.6 is 15.9 Å². The number of amides is 2. The number of hydrogen-bond donors (Lipinski definition) is 0. The number of carbonyl (C=O) groups is 2. The molecule has 0 unspecified atom stereocenters. The van der Waals surface area contributed by atoms with Gasteiger partial charge in [-0.25, -0.2) is 4.90 Å². The van der Waals surface area contributed by atoms with Crippen molar-refractivity contribution in [3.8, 4) is 11.5 Å². The van der Waals surface area contributed by atoms with Crippen molar-refractivity contribution < 1.29 is 19.1 Å². The number of benzene rings is 2. The zero-order chi connectivity index (χ0) is 20.0. The Bertz CT molecular complexity index is 957. The summed E-state index contributed by atoms with van der Waals surface area (Å²) >= 11 is 3.38. The van der Waals surface area contributed by atoms with E-state index in [4.69, 9.17) is 9.47 Å². The normalized spacial score (nSPS) is 21.9. The zero-order valence-electron chi connectivity index (χ0n) is 15.7. The van der Waals surface area contributed by atoms with Crippen LogP contribution in [0.1, 0.15) is 6.42 Å². The first-order valence-electron chi connectivity index (χ1n) is 9.61. The molecule has 8 heteroatoms. The van der Waals surface area contributed by atoms with E-state index in [0.717, 1.165) is 47.8 Å². The lowest BCUT2D eigenvalue weighted by molar-refractivity contribution is -0.123. The van der Waals surface area contributed by atoms with Gasteiger partial charge >= 0.3 is 0 Å². The van der Waals surface area contributed by atoms with E-state index >= 15 is 0 Å². The summed E-state index contributed by atoms with van der Waals surface area (Å²) in [6.07, 6.45) is 0.235. The molecule has 0 saturated carbocycles. The smallest absolute Gasteiger partial charge is 0.251 e. The third kappa shape index (κ3) is 3.36. The summed E-state index contributed by atoms with van der Waals surface area (Å²) < 4.78 is 11.8. The number of rotatable bonds is 3. The van der Waals surface area contributed by atoms with E-state index in [1.54, 1.807) is 12.1 Å². The molecule has 2 fully saturated rings. The van der Waals surface area contributed by atoms with Crippen molar-refractivity contribution in [2.75, 3.05) is 42.8 Å². The lowest BCUT2D eigenvalue weighted by atomic mass is 10.1. The Labute approximate surface area is 176 Å². The molecule has 0 spiro atoms. The summed E-state index contributed by atoms with van der Waals surface area (Å²) in [5, 5.41) is 0. The fraction of sp³-hybridized carbons (Fsp3) is 0.333. The summed E-state index contributed by atoms with van der Waals surface area (Å²) in [5.74, 6) is 1.27. The Balaban J connectivity index is 1.26.